The molecule has 31 heavy (non-hydrogen) atoms. The molecule has 1 atom stereocenters. The molecule has 0 saturated carbocycles. The highest BCUT2D eigenvalue weighted by Gasteiger charge is 2.19. The molecule has 2 aliphatic rings. The Kier molecular flexibility index (Phi) is 7.74. The van der Waals surface area contributed by atoms with Crippen LogP contribution in [-0.2, 0) is 6.54 Å². The minimum absolute atomic E-state index is 0.424. The predicted molar refractivity (Wildman–Crippen MR) is 119 cm³/mol. The lowest BCUT2D eigenvalue weighted by Gasteiger charge is -2.35. The monoisotopic (exact) mass is 423 g/mol. The highest BCUT2D eigenvalue weighted by Crippen LogP contribution is 2.19. The summed E-state index contributed by atoms with van der Waals surface area (Å²) in [5.74, 6) is -0.607. The van der Waals surface area contributed by atoms with Gasteiger partial charge in [-0.25, -0.2) is 13.8 Å². The second-order valence-electron chi connectivity index (χ2n) is 7.56. The van der Waals surface area contributed by atoms with Gasteiger partial charge in [-0.2, -0.15) is 5.26 Å². The van der Waals surface area contributed by atoms with E-state index in [0.717, 1.165) is 43.8 Å². The van der Waals surface area contributed by atoms with Crippen LogP contribution in [0.25, 0.3) is 0 Å². The van der Waals surface area contributed by atoms with Crippen molar-refractivity contribution in [3.63, 3.8) is 0 Å². The maximum absolute atomic E-state index is 13.9. The molecule has 0 spiro atoms. The summed E-state index contributed by atoms with van der Waals surface area (Å²) in [5.41, 5.74) is 2.03. The minimum Gasteiger partial charge on any atom is -0.384 e. The molecule has 0 aromatic heterocycles. The molecule has 1 unspecified atom stereocenters. The zero-order valence-electron chi connectivity index (χ0n) is 17.7. The molecule has 2 aliphatic heterocycles. The Balaban J connectivity index is 1.51. The van der Waals surface area contributed by atoms with Crippen molar-refractivity contribution in [2.75, 3.05) is 32.7 Å². The van der Waals surface area contributed by atoms with Gasteiger partial charge in [-0.3, -0.25) is 4.90 Å². The van der Waals surface area contributed by atoms with Gasteiger partial charge < -0.3 is 10.2 Å². The van der Waals surface area contributed by atoms with E-state index in [2.05, 4.69) is 32.8 Å². The molecule has 0 amide bonds. The number of hydrogen-bond donors (Lipinski definition) is 1. The first-order valence-corrected chi connectivity index (χ1v) is 10.3. The van der Waals surface area contributed by atoms with Crippen molar-refractivity contribution in [3.05, 3.63) is 83.8 Å². The fraction of sp³-hybridized carbons (Fsp3) is 0.333. The van der Waals surface area contributed by atoms with Gasteiger partial charge in [0, 0.05) is 62.8 Å². The van der Waals surface area contributed by atoms with Crippen LogP contribution in [0.4, 0.5) is 8.78 Å². The molecule has 0 bridgehead atoms. The first-order valence-electron chi connectivity index (χ1n) is 10.3. The van der Waals surface area contributed by atoms with Gasteiger partial charge >= 0.3 is 0 Å². The van der Waals surface area contributed by atoms with E-state index in [1.54, 1.807) is 12.3 Å². The van der Waals surface area contributed by atoms with Crippen LogP contribution in [0.5, 0.6) is 0 Å². The van der Waals surface area contributed by atoms with E-state index in [1.807, 2.05) is 25.2 Å². The maximum atomic E-state index is 13.9. The number of allylic oxidation sites excluding steroid dienone is 4. The minimum atomic E-state index is -0.557. The standard InChI is InChI=1S/C24H27F2N5/c1-18(22(16-27)24-5-3-4-9-29-24)8-10-28-19(2)31-13-11-30(12-14-31)17-20-6-7-21(25)15-23(20)26/h3-8,10,15,22,29H,1,9,11-14,17H2,2H3/b10-8-,28-19+. The summed E-state index contributed by atoms with van der Waals surface area (Å²) >= 11 is 0. The first-order chi connectivity index (χ1) is 15.0. The Bertz CT molecular complexity index is 963. The molecule has 1 aromatic rings. The third kappa shape index (κ3) is 6.12. The van der Waals surface area contributed by atoms with Crippen LogP contribution < -0.4 is 5.32 Å². The number of dihydropyridines is 1. The topological polar surface area (TPSA) is 54.7 Å². The van der Waals surface area contributed by atoms with Gasteiger partial charge in [-0.1, -0.05) is 24.8 Å². The number of halogens is 2. The summed E-state index contributed by atoms with van der Waals surface area (Å²) in [5, 5.41) is 12.7. The summed E-state index contributed by atoms with van der Waals surface area (Å²) in [6.07, 6.45) is 9.26. The van der Waals surface area contributed by atoms with Crippen LogP contribution in [0.1, 0.15) is 12.5 Å². The number of rotatable bonds is 6. The summed E-state index contributed by atoms with van der Waals surface area (Å²) in [6.45, 7) is 10.2. The van der Waals surface area contributed by atoms with Crippen molar-refractivity contribution in [1.82, 2.24) is 15.1 Å². The molecule has 1 aromatic carbocycles. The molecular formula is C24H27F2N5. The quantitative estimate of drug-likeness (QED) is 0.430. The fourth-order valence-electron chi connectivity index (χ4n) is 3.57. The largest absolute Gasteiger partial charge is 0.384 e. The number of amidine groups is 1. The highest BCUT2D eigenvalue weighted by atomic mass is 19.1. The Morgan fingerprint density at radius 2 is 2.10 bits per heavy atom. The molecule has 2 heterocycles. The number of nitrogens with zero attached hydrogens (tertiary/aromatic N) is 4. The van der Waals surface area contributed by atoms with E-state index in [4.69, 9.17) is 0 Å². The predicted octanol–water partition coefficient (Wildman–Crippen LogP) is 3.75. The SMILES string of the molecule is C=C(/C=C\N=C(/C)N1CCN(Cc2ccc(F)cc2F)CC1)C(C#N)C1=CC=CCN1. The van der Waals surface area contributed by atoms with Crippen molar-refractivity contribution < 1.29 is 8.78 Å². The Labute approximate surface area is 182 Å². The number of hydrogen-bond acceptors (Lipinski definition) is 4. The maximum Gasteiger partial charge on any atom is 0.130 e. The van der Waals surface area contributed by atoms with E-state index in [1.165, 1.54) is 12.1 Å². The Morgan fingerprint density at radius 3 is 2.74 bits per heavy atom. The lowest BCUT2D eigenvalue weighted by atomic mass is 9.97. The zero-order valence-corrected chi connectivity index (χ0v) is 17.7. The highest BCUT2D eigenvalue weighted by molar-refractivity contribution is 5.80. The molecule has 0 radical (unpaired) electrons. The normalized spacial score (nSPS) is 18.5. The number of aliphatic imine (C=N–C) groups is 1. The Hall–Kier alpha value is -3.24. The second-order valence-corrected chi connectivity index (χ2v) is 7.56. The smallest absolute Gasteiger partial charge is 0.130 e. The van der Waals surface area contributed by atoms with Gasteiger partial charge in [0.1, 0.15) is 23.4 Å². The molecule has 7 heteroatoms. The van der Waals surface area contributed by atoms with Crippen LogP contribution in [0, 0.1) is 28.9 Å². The lowest BCUT2D eigenvalue weighted by molar-refractivity contribution is 0.173. The number of benzene rings is 1. The summed E-state index contributed by atoms with van der Waals surface area (Å²) in [6, 6.07) is 6.00. The van der Waals surface area contributed by atoms with E-state index in [-0.39, 0.29) is 0 Å². The molecule has 1 N–H and O–H groups in total. The first kappa shape index (κ1) is 22.4. The van der Waals surface area contributed by atoms with E-state index < -0.39 is 17.6 Å². The van der Waals surface area contributed by atoms with Gasteiger partial charge in [0.2, 0.25) is 0 Å². The van der Waals surface area contributed by atoms with Gasteiger partial charge in [0.15, 0.2) is 0 Å². The van der Waals surface area contributed by atoms with Crippen LogP contribution >= 0.6 is 0 Å². The van der Waals surface area contributed by atoms with Crippen LogP contribution in [0.15, 0.2) is 71.5 Å². The Morgan fingerprint density at radius 1 is 1.32 bits per heavy atom. The van der Waals surface area contributed by atoms with Crippen LogP contribution in [0.2, 0.25) is 0 Å². The average Bonchev–Trinajstić information content (AvgIpc) is 2.77. The fourth-order valence-corrected chi connectivity index (χ4v) is 3.57. The molecule has 162 valence electrons. The van der Waals surface area contributed by atoms with Crippen molar-refractivity contribution in [2.24, 2.45) is 10.9 Å². The molecule has 3 rings (SSSR count). The summed E-state index contributed by atoms with van der Waals surface area (Å²) in [4.78, 5) is 8.82. The van der Waals surface area contributed by atoms with Crippen LogP contribution in [0.3, 0.4) is 0 Å². The lowest BCUT2D eigenvalue weighted by Crippen LogP contribution is -2.47. The van der Waals surface area contributed by atoms with Crippen LogP contribution in [-0.4, -0.2) is 48.4 Å². The third-order valence-corrected chi connectivity index (χ3v) is 5.44. The average molecular weight is 424 g/mol. The van der Waals surface area contributed by atoms with Gasteiger partial charge in [-0.05, 0) is 30.7 Å². The van der Waals surface area contributed by atoms with E-state index in [9.17, 15) is 14.0 Å². The third-order valence-electron chi connectivity index (χ3n) is 5.44. The number of piperazine rings is 1. The van der Waals surface area contributed by atoms with Crippen molar-refractivity contribution in [3.8, 4) is 6.07 Å². The van der Waals surface area contributed by atoms with Crippen molar-refractivity contribution >= 4 is 5.84 Å². The van der Waals surface area contributed by atoms with E-state index >= 15 is 0 Å². The van der Waals surface area contributed by atoms with Gasteiger partial charge in [0.25, 0.3) is 0 Å². The molecular weight excluding hydrogens is 396 g/mol. The molecule has 0 aliphatic carbocycles. The van der Waals surface area contributed by atoms with Crippen molar-refractivity contribution in [1.29, 1.82) is 5.26 Å². The zero-order chi connectivity index (χ0) is 22.2. The van der Waals surface area contributed by atoms with Gasteiger partial charge in [-0.15, -0.1) is 0 Å². The summed E-state index contributed by atoms with van der Waals surface area (Å²) in [7, 11) is 0. The second kappa shape index (κ2) is 10.7. The van der Waals surface area contributed by atoms with E-state index in [0.29, 0.717) is 24.2 Å². The molecule has 1 saturated heterocycles. The summed E-state index contributed by atoms with van der Waals surface area (Å²) < 4.78 is 26.9. The van der Waals surface area contributed by atoms with Gasteiger partial charge in [0.05, 0.1) is 6.07 Å². The number of nitrogens with one attached hydrogen (secondary N) is 1. The molecule has 5 nitrogen and oxygen atoms in total. The number of nitriles is 1. The van der Waals surface area contributed by atoms with Crippen molar-refractivity contribution in [2.45, 2.75) is 13.5 Å². The molecule has 1 fully saturated rings.